The molecule has 234 valence electrons. The van der Waals surface area contributed by atoms with Gasteiger partial charge in [0.1, 0.15) is 18.8 Å². The van der Waals surface area contributed by atoms with E-state index in [-0.39, 0.29) is 34.5 Å². The van der Waals surface area contributed by atoms with Crippen LogP contribution in [0.3, 0.4) is 0 Å². The number of carbonyl (C=O) groups is 3. The summed E-state index contributed by atoms with van der Waals surface area (Å²) >= 11 is 6.56. The van der Waals surface area contributed by atoms with Crippen LogP contribution < -0.4 is 29.2 Å². The molecule has 46 heavy (non-hydrogen) atoms. The maximum absolute atomic E-state index is 13.3. The molecule has 13 heteroatoms. The van der Waals surface area contributed by atoms with Gasteiger partial charge in [-0.05, 0) is 53.1 Å². The van der Waals surface area contributed by atoms with E-state index in [0.29, 0.717) is 28.6 Å². The Hall–Kier alpha value is -5.88. The summed E-state index contributed by atoms with van der Waals surface area (Å²) in [6.45, 7) is 0.464. The number of anilines is 1. The Balaban J connectivity index is 1.34. The molecular weight excluding hydrogens is 618 g/mol. The fraction of sp³-hybridized carbons (Fsp3) is 0.121. The molecule has 0 aromatic heterocycles. The zero-order valence-electron chi connectivity index (χ0n) is 24.5. The van der Waals surface area contributed by atoms with Crippen molar-refractivity contribution in [2.45, 2.75) is 13.2 Å². The Bertz CT molecular complexity index is 1860. The van der Waals surface area contributed by atoms with Gasteiger partial charge in [0.15, 0.2) is 23.0 Å². The SMILES string of the molecule is COc1cc(COc2c(Cl)cc(/C=C3/C(=O)NC(=O)N(c4cccc([N+](=O)[O-])c4)C3=O)cc2OC)ccc1OCc1ccccc1. The van der Waals surface area contributed by atoms with Crippen LogP contribution in [0.4, 0.5) is 16.2 Å². The van der Waals surface area contributed by atoms with E-state index in [0.717, 1.165) is 17.2 Å². The number of nitrogens with one attached hydrogen (secondary N) is 1. The number of nitrogens with zero attached hydrogens (tertiary/aromatic N) is 2. The second-order valence-electron chi connectivity index (χ2n) is 9.82. The van der Waals surface area contributed by atoms with Gasteiger partial charge in [-0.25, -0.2) is 9.69 Å². The Labute approximate surface area is 267 Å². The van der Waals surface area contributed by atoms with Crippen molar-refractivity contribution in [2.24, 2.45) is 0 Å². The molecular formula is C33H26ClN3O9. The number of ether oxygens (including phenoxy) is 4. The summed E-state index contributed by atoms with van der Waals surface area (Å²) in [6.07, 6.45) is 1.23. The Kier molecular flexibility index (Phi) is 9.48. The van der Waals surface area contributed by atoms with Crippen LogP contribution in [-0.2, 0) is 22.8 Å². The molecule has 0 radical (unpaired) electrons. The topological polar surface area (TPSA) is 147 Å². The van der Waals surface area contributed by atoms with Crippen molar-refractivity contribution in [1.29, 1.82) is 0 Å². The van der Waals surface area contributed by atoms with Gasteiger partial charge in [-0.1, -0.05) is 54.1 Å². The molecule has 0 atom stereocenters. The van der Waals surface area contributed by atoms with Gasteiger partial charge < -0.3 is 18.9 Å². The molecule has 4 aromatic carbocycles. The van der Waals surface area contributed by atoms with Crippen LogP contribution in [0.1, 0.15) is 16.7 Å². The van der Waals surface area contributed by atoms with E-state index < -0.39 is 28.3 Å². The number of hydrogen-bond acceptors (Lipinski definition) is 9. The van der Waals surface area contributed by atoms with E-state index in [1.165, 1.54) is 43.5 Å². The maximum atomic E-state index is 13.3. The van der Waals surface area contributed by atoms with Gasteiger partial charge >= 0.3 is 6.03 Å². The summed E-state index contributed by atoms with van der Waals surface area (Å²) in [5.74, 6) is -0.417. The van der Waals surface area contributed by atoms with Crippen LogP contribution in [-0.4, -0.2) is 37.0 Å². The van der Waals surface area contributed by atoms with Gasteiger partial charge in [-0.2, -0.15) is 0 Å². The first kappa shape index (κ1) is 31.5. The van der Waals surface area contributed by atoms with Crippen molar-refractivity contribution in [3.63, 3.8) is 0 Å². The summed E-state index contributed by atoms with van der Waals surface area (Å²) < 4.78 is 22.9. The highest BCUT2D eigenvalue weighted by Crippen LogP contribution is 2.38. The zero-order chi connectivity index (χ0) is 32.8. The number of carbonyl (C=O) groups excluding carboxylic acids is 3. The number of hydrogen-bond donors (Lipinski definition) is 1. The minimum atomic E-state index is -1.04. The minimum Gasteiger partial charge on any atom is -0.493 e. The lowest BCUT2D eigenvalue weighted by Gasteiger charge is -2.26. The van der Waals surface area contributed by atoms with Gasteiger partial charge in [0.2, 0.25) is 0 Å². The molecule has 1 fully saturated rings. The number of amides is 4. The quantitative estimate of drug-likeness (QED) is 0.0887. The van der Waals surface area contributed by atoms with Gasteiger partial charge in [0.25, 0.3) is 17.5 Å². The first-order valence-electron chi connectivity index (χ1n) is 13.7. The number of rotatable bonds is 11. The molecule has 0 bridgehead atoms. The first-order valence-corrected chi connectivity index (χ1v) is 14.1. The highest BCUT2D eigenvalue weighted by Gasteiger charge is 2.37. The lowest BCUT2D eigenvalue weighted by Crippen LogP contribution is -2.54. The predicted octanol–water partition coefficient (Wildman–Crippen LogP) is 6.09. The van der Waals surface area contributed by atoms with Crippen LogP contribution in [0.5, 0.6) is 23.0 Å². The summed E-state index contributed by atoms with van der Waals surface area (Å²) in [5.41, 5.74) is 1.24. The van der Waals surface area contributed by atoms with Crippen LogP contribution in [0.25, 0.3) is 6.08 Å². The molecule has 1 aliphatic rings. The summed E-state index contributed by atoms with van der Waals surface area (Å²) in [4.78, 5) is 49.7. The van der Waals surface area contributed by atoms with E-state index in [1.807, 2.05) is 36.4 Å². The number of methoxy groups -OCH3 is 2. The molecule has 12 nitrogen and oxygen atoms in total. The lowest BCUT2D eigenvalue weighted by atomic mass is 10.1. The summed E-state index contributed by atoms with van der Waals surface area (Å²) in [5, 5.41) is 13.4. The largest absolute Gasteiger partial charge is 0.493 e. The molecule has 0 unspecified atom stereocenters. The van der Waals surface area contributed by atoms with Crippen molar-refractivity contribution in [2.75, 3.05) is 19.1 Å². The average Bonchev–Trinajstić information content (AvgIpc) is 3.05. The van der Waals surface area contributed by atoms with Gasteiger partial charge in [-0.15, -0.1) is 0 Å². The van der Waals surface area contributed by atoms with E-state index in [9.17, 15) is 24.5 Å². The third-order valence-corrected chi connectivity index (χ3v) is 7.09. The minimum absolute atomic E-state index is 0.0816. The molecule has 4 aromatic rings. The van der Waals surface area contributed by atoms with Gasteiger partial charge in [0, 0.05) is 12.1 Å². The second-order valence-corrected chi connectivity index (χ2v) is 10.2. The van der Waals surface area contributed by atoms with Crippen LogP contribution in [0, 0.1) is 10.1 Å². The van der Waals surface area contributed by atoms with Crippen LogP contribution in [0.2, 0.25) is 5.02 Å². The smallest absolute Gasteiger partial charge is 0.335 e. The first-order chi connectivity index (χ1) is 22.2. The summed E-state index contributed by atoms with van der Waals surface area (Å²) in [7, 11) is 2.94. The Morgan fingerprint density at radius 3 is 2.28 bits per heavy atom. The van der Waals surface area contributed by atoms with E-state index in [4.69, 9.17) is 30.5 Å². The number of imide groups is 2. The molecule has 1 N–H and O–H groups in total. The molecule has 4 amide bonds. The number of nitro groups is 1. The Morgan fingerprint density at radius 1 is 0.826 bits per heavy atom. The fourth-order valence-electron chi connectivity index (χ4n) is 4.58. The van der Waals surface area contributed by atoms with Crippen molar-refractivity contribution in [3.8, 4) is 23.0 Å². The highest BCUT2D eigenvalue weighted by molar-refractivity contribution is 6.39. The van der Waals surface area contributed by atoms with Gasteiger partial charge in [0.05, 0.1) is 29.9 Å². The fourth-order valence-corrected chi connectivity index (χ4v) is 4.85. The van der Waals surface area contributed by atoms with E-state index in [1.54, 1.807) is 19.2 Å². The third kappa shape index (κ3) is 6.92. The molecule has 5 rings (SSSR count). The molecule has 0 saturated carbocycles. The normalized spacial score (nSPS) is 13.8. The molecule has 1 saturated heterocycles. The van der Waals surface area contributed by atoms with E-state index >= 15 is 0 Å². The van der Waals surface area contributed by atoms with Crippen LogP contribution in [0.15, 0.2) is 90.5 Å². The van der Waals surface area contributed by atoms with Crippen LogP contribution >= 0.6 is 11.6 Å². The lowest BCUT2D eigenvalue weighted by molar-refractivity contribution is -0.384. The number of urea groups is 1. The van der Waals surface area contributed by atoms with Crippen molar-refractivity contribution >= 4 is 46.9 Å². The highest BCUT2D eigenvalue weighted by atomic mass is 35.5. The number of non-ortho nitro benzene ring substituents is 1. The molecule has 0 aliphatic carbocycles. The standard InChI is InChI=1S/C33H26ClN3O9/c1-43-28-15-21(11-12-27(28)45-18-20-7-4-3-5-8-20)19-46-30-26(34)14-22(16-29(30)44-2)13-25-31(38)35-33(40)36(32(25)39)23-9-6-10-24(17-23)37(41)42/h3-17H,18-19H2,1-2H3,(H,35,38,40)/b25-13-. The molecule has 1 heterocycles. The van der Waals surface area contributed by atoms with Gasteiger partial charge in [-0.3, -0.25) is 25.0 Å². The molecule has 1 aliphatic heterocycles. The van der Waals surface area contributed by atoms with Crippen molar-refractivity contribution < 1.29 is 38.3 Å². The van der Waals surface area contributed by atoms with Crippen molar-refractivity contribution in [1.82, 2.24) is 5.32 Å². The zero-order valence-corrected chi connectivity index (χ0v) is 25.3. The number of benzene rings is 4. The maximum Gasteiger partial charge on any atom is 0.335 e. The number of nitro benzene ring substituents is 1. The van der Waals surface area contributed by atoms with E-state index in [2.05, 4.69) is 5.32 Å². The monoisotopic (exact) mass is 643 g/mol. The van der Waals surface area contributed by atoms with Crippen molar-refractivity contribution in [3.05, 3.63) is 122 Å². The molecule has 0 spiro atoms. The predicted molar refractivity (Wildman–Crippen MR) is 168 cm³/mol. The Morgan fingerprint density at radius 2 is 1.57 bits per heavy atom. The number of halogens is 1. The summed E-state index contributed by atoms with van der Waals surface area (Å²) in [6, 6.07) is 22.0. The average molecular weight is 644 g/mol. The third-order valence-electron chi connectivity index (χ3n) is 6.81. The number of barbiturate groups is 1. The second kappa shape index (κ2) is 13.8.